The third-order valence-corrected chi connectivity index (χ3v) is 2.25. The van der Waals surface area contributed by atoms with Crippen molar-refractivity contribution in [1.29, 1.82) is 0 Å². The lowest BCUT2D eigenvalue weighted by Gasteiger charge is -2.09. The van der Waals surface area contributed by atoms with Gasteiger partial charge in [0.2, 0.25) is 0 Å². The maximum absolute atomic E-state index is 11.8. The number of ether oxygens (including phenoxy) is 1. The highest BCUT2D eigenvalue weighted by molar-refractivity contribution is 5.75. The Balaban J connectivity index is 2.56. The molecular formula is C12H13F3O2. The van der Waals surface area contributed by atoms with Crippen molar-refractivity contribution in [3.05, 3.63) is 35.4 Å². The maximum atomic E-state index is 11.8. The Bertz CT molecular complexity index is 380. The second-order valence-electron chi connectivity index (χ2n) is 3.97. The van der Waals surface area contributed by atoms with Gasteiger partial charge in [-0.05, 0) is 17.0 Å². The molecule has 0 amide bonds. The van der Waals surface area contributed by atoms with Crippen molar-refractivity contribution in [2.75, 3.05) is 0 Å². The number of hydrogen-bond acceptors (Lipinski definition) is 2. The molecule has 0 fully saturated rings. The van der Waals surface area contributed by atoms with E-state index in [0.29, 0.717) is 11.5 Å². The number of hydrogen-bond donors (Lipinski definition) is 0. The van der Waals surface area contributed by atoms with E-state index in [2.05, 4.69) is 4.74 Å². The Hall–Kier alpha value is -1.52. The molecule has 0 aliphatic heterocycles. The fourth-order valence-electron chi connectivity index (χ4n) is 1.23. The minimum Gasteiger partial charge on any atom is -0.454 e. The van der Waals surface area contributed by atoms with Crippen molar-refractivity contribution in [3.63, 3.8) is 0 Å². The molecule has 2 nitrogen and oxygen atoms in total. The highest BCUT2D eigenvalue weighted by atomic mass is 19.4. The van der Waals surface area contributed by atoms with Gasteiger partial charge in [-0.3, -0.25) is 0 Å². The quantitative estimate of drug-likeness (QED) is 0.764. The molecule has 0 saturated carbocycles. The van der Waals surface area contributed by atoms with Crippen LogP contribution in [0.25, 0.3) is 0 Å². The Labute approximate surface area is 97.4 Å². The van der Waals surface area contributed by atoms with Crippen molar-refractivity contribution < 1.29 is 22.7 Å². The number of esters is 1. The molecule has 0 saturated heterocycles. The molecular weight excluding hydrogens is 233 g/mol. The van der Waals surface area contributed by atoms with E-state index in [-0.39, 0.29) is 6.61 Å². The summed E-state index contributed by atoms with van der Waals surface area (Å²) in [6.45, 7) is 3.66. The van der Waals surface area contributed by atoms with Gasteiger partial charge < -0.3 is 4.74 Å². The van der Waals surface area contributed by atoms with Crippen molar-refractivity contribution in [3.8, 4) is 0 Å². The number of carbonyl (C=O) groups is 1. The molecule has 0 aliphatic rings. The second kappa shape index (κ2) is 5.21. The van der Waals surface area contributed by atoms with Gasteiger partial charge in [0, 0.05) is 0 Å². The SMILES string of the molecule is CC(C)c1ccc(COC(=O)C(F)(F)F)cc1. The third-order valence-electron chi connectivity index (χ3n) is 2.25. The maximum Gasteiger partial charge on any atom is 0.490 e. The lowest BCUT2D eigenvalue weighted by atomic mass is 10.0. The molecule has 0 bridgehead atoms. The normalized spacial score (nSPS) is 11.6. The fourth-order valence-corrected chi connectivity index (χ4v) is 1.23. The highest BCUT2D eigenvalue weighted by Crippen LogP contribution is 2.18. The fraction of sp³-hybridized carbons (Fsp3) is 0.417. The van der Waals surface area contributed by atoms with E-state index in [0.717, 1.165) is 5.56 Å². The molecule has 5 heteroatoms. The van der Waals surface area contributed by atoms with Crippen LogP contribution in [0.4, 0.5) is 13.2 Å². The molecule has 0 heterocycles. The monoisotopic (exact) mass is 246 g/mol. The van der Waals surface area contributed by atoms with Gasteiger partial charge in [0.15, 0.2) is 0 Å². The summed E-state index contributed by atoms with van der Waals surface area (Å²) in [5.41, 5.74) is 1.61. The molecule has 1 rings (SSSR count). The van der Waals surface area contributed by atoms with Crippen LogP contribution in [0.3, 0.4) is 0 Å². The van der Waals surface area contributed by atoms with Crippen LogP contribution in [-0.4, -0.2) is 12.1 Å². The van der Waals surface area contributed by atoms with Gasteiger partial charge in [-0.25, -0.2) is 4.79 Å². The van der Waals surface area contributed by atoms with Gasteiger partial charge >= 0.3 is 12.1 Å². The Morgan fingerprint density at radius 3 is 2.18 bits per heavy atom. The molecule has 0 atom stereocenters. The minimum atomic E-state index is -4.93. The van der Waals surface area contributed by atoms with Crippen molar-refractivity contribution in [2.45, 2.75) is 32.5 Å². The second-order valence-corrected chi connectivity index (χ2v) is 3.97. The smallest absolute Gasteiger partial charge is 0.454 e. The van der Waals surface area contributed by atoms with Gasteiger partial charge in [0.05, 0.1) is 0 Å². The highest BCUT2D eigenvalue weighted by Gasteiger charge is 2.40. The van der Waals surface area contributed by atoms with E-state index in [1.54, 1.807) is 24.3 Å². The van der Waals surface area contributed by atoms with Crippen LogP contribution in [0.15, 0.2) is 24.3 Å². The molecule has 0 radical (unpaired) electrons. The van der Waals surface area contributed by atoms with E-state index in [4.69, 9.17) is 0 Å². The van der Waals surface area contributed by atoms with Gasteiger partial charge in [0.1, 0.15) is 6.61 Å². The van der Waals surface area contributed by atoms with Crippen LogP contribution in [0, 0.1) is 0 Å². The van der Waals surface area contributed by atoms with Crippen LogP contribution in [0.1, 0.15) is 30.9 Å². The molecule has 94 valence electrons. The first kappa shape index (κ1) is 13.5. The van der Waals surface area contributed by atoms with E-state index < -0.39 is 12.1 Å². The molecule has 0 N–H and O–H groups in total. The zero-order chi connectivity index (χ0) is 13.1. The molecule has 1 aromatic rings. The average molecular weight is 246 g/mol. The molecule has 0 unspecified atom stereocenters. The summed E-state index contributed by atoms with van der Waals surface area (Å²) < 4.78 is 39.7. The summed E-state index contributed by atoms with van der Waals surface area (Å²) in [6.07, 6.45) is -4.93. The van der Waals surface area contributed by atoms with Gasteiger partial charge in [0.25, 0.3) is 0 Å². The van der Waals surface area contributed by atoms with Crippen molar-refractivity contribution in [1.82, 2.24) is 0 Å². The molecule has 17 heavy (non-hydrogen) atoms. The van der Waals surface area contributed by atoms with E-state index in [1.807, 2.05) is 13.8 Å². The van der Waals surface area contributed by atoms with Crippen LogP contribution in [0.2, 0.25) is 0 Å². The van der Waals surface area contributed by atoms with E-state index in [1.165, 1.54) is 0 Å². The number of rotatable bonds is 3. The number of benzene rings is 1. The van der Waals surface area contributed by atoms with Gasteiger partial charge in [-0.15, -0.1) is 0 Å². The summed E-state index contributed by atoms with van der Waals surface area (Å²) >= 11 is 0. The number of halogens is 3. The molecule has 0 aromatic heterocycles. The van der Waals surface area contributed by atoms with E-state index in [9.17, 15) is 18.0 Å². The summed E-state index contributed by atoms with van der Waals surface area (Å²) in [5.74, 6) is -1.81. The summed E-state index contributed by atoms with van der Waals surface area (Å²) in [4.78, 5) is 10.5. The first-order valence-electron chi connectivity index (χ1n) is 5.13. The average Bonchev–Trinajstić information content (AvgIpc) is 2.25. The molecule has 1 aromatic carbocycles. The first-order valence-corrected chi connectivity index (χ1v) is 5.13. The van der Waals surface area contributed by atoms with Crippen LogP contribution < -0.4 is 0 Å². The van der Waals surface area contributed by atoms with Crippen LogP contribution in [-0.2, 0) is 16.1 Å². The summed E-state index contributed by atoms with van der Waals surface area (Å²) in [7, 11) is 0. The standard InChI is InChI=1S/C12H13F3O2/c1-8(2)10-5-3-9(4-6-10)7-17-11(16)12(13,14)15/h3-6,8H,7H2,1-2H3. The Morgan fingerprint density at radius 1 is 1.24 bits per heavy atom. The topological polar surface area (TPSA) is 26.3 Å². The van der Waals surface area contributed by atoms with Gasteiger partial charge in [-0.1, -0.05) is 38.1 Å². The largest absolute Gasteiger partial charge is 0.490 e. The van der Waals surface area contributed by atoms with Gasteiger partial charge in [-0.2, -0.15) is 13.2 Å². The van der Waals surface area contributed by atoms with Crippen molar-refractivity contribution >= 4 is 5.97 Å². The van der Waals surface area contributed by atoms with Crippen LogP contribution in [0.5, 0.6) is 0 Å². The zero-order valence-electron chi connectivity index (χ0n) is 9.54. The zero-order valence-corrected chi connectivity index (χ0v) is 9.54. The molecule has 0 aliphatic carbocycles. The first-order chi connectivity index (χ1) is 7.80. The minimum absolute atomic E-state index is 0.349. The number of alkyl halides is 3. The number of carbonyl (C=O) groups excluding carboxylic acids is 1. The van der Waals surface area contributed by atoms with Crippen molar-refractivity contribution in [2.24, 2.45) is 0 Å². The predicted molar refractivity (Wildman–Crippen MR) is 56.4 cm³/mol. The summed E-state index contributed by atoms with van der Waals surface area (Å²) in [5, 5.41) is 0. The lowest BCUT2D eigenvalue weighted by molar-refractivity contribution is -0.201. The van der Waals surface area contributed by atoms with Crippen LogP contribution >= 0.6 is 0 Å². The Kier molecular flexibility index (Phi) is 4.15. The summed E-state index contributed by atoms with van der Waals surface area (Å²) in [6, 6.07) is 6.92. The van der Waals surface area contributed by atoms with E-state index >= 15 is 0 Å². The Morgan fingerprint density at radius 2 is 1.76 bits per heavy atom. The predicted octanol–water partition coefficient (Wildman–Crippen LogP) is 3.42. The third kappa shape index (κ3) is 4.09. The lowest BCUT2D eigenvalue weighted by Crippen LogP contribution is -2.25. The molecule has 0 spiro atoms.